The van der Waals surface area contributed by atoms with Crippen LogP contribution in [0.2, 0.25) is 0 Å². The van der Waals surface area contributed by atoms with E-state index in [0.29, 0.717) is 0 Å². The molecule has 0 saturated carbocycles. The van der Waals surface area contributed by atoms with Gasteiger partial charge in [-0.15, -0.1) is 0 Å². The van der Waals surface area contributed by atoms with Gasteiger partial charge in [-0.1, -0.05) is 30.3 Å². The predicted octanol–water partition coefficient (Wildman–Crippen LogP) is 4.60. The molecule has 0 amide bonds. The molecule has 0 atom stereocenters. The summed E-state index contributed by atoms with van der Waals surface area (Å²) in [5, 5.41) is 0. The Morgan fingerprint density at radius 1 is 0.960 bits per heavy atom. The minimum Gasteiger partial charge on any atom is -0.497 e. The van der Waals surface area contributed by atoms with E-state index in [2.05, 4.69) is 81.1 Å². The number of likely N-dealkylation sites (N-methyl/N-ethyl adjacent to an activating group) is 1. The molecule has 0 radical (unpaired) electrons. The third kappa shape index (κ3) is 5.23. The minimum atomic E-state index is 0.164. The molecule has 0 spiro atoms. The number of anilines is 1. The van der Waals surface area contributed by atoms with E-state index in [1.54, 1.807) is 7.11 Å². The highest BCUT2D eigenvalue weighted by Crippen LogP contribution is 2.23. The first-order chi connectivity index (χ1) is 11.9. The number of rotatable bonds is 8. The SMILES string of the molecule is CCN(Cc1ccc(CC(C)(C)N(C)C)cc1)c1cccc(OC)c1. The van der Waals surface area contributed by atoms with Crippen LogP contribution in [-0.4, -0.2) is 38.2 Å². The first kappa shape index (κ1) is 19.3. The molecule has 3 nitrogen and oxygen atoms in total. The molecule has 2 aromatic carbocycles. The molecule has 2 rings (SSSR count). The summed E-state index contributed by atoms with van der Waals surface area (Å²) in [6.07, 6.45) is 1.05. The van der Waals surface area contributed by atoms with Gasteiger partial charge in [-0.25, -0.2) is 0 Å². The average Bonchev–Trinajstić information content (AvgIpc) is 2.60. The standard InChI is InChI=1S/C22H32N2O/c1-7-24(20-9-8-10-21(15-20)25-6)17-19-13-11-18(12-14-19)16-22(2,3)23(4)5/h8-15H,7,16-17H2,1-6H3. The van der Waals surface area contributed by atoms with Crippen LogP contribution in [0.5, 0.6) is 5.75 Å². The van der Waals surface area contributed by atoms with Gasteiger partial charge in [0.2, 0.25) is 0 Å². The first-order valence-corrected chi connectivity index (χ1v) is 9.00. The van der Waals surface area contributed by atoms with Gasteiger partial charge in [-0.3, -0.25) is 0 Å². The van der Waals surface area contributed by atoms with Crippen LogP contribution in [0.1, 0.15) is 31.9 Å². The Bertz CT molecular complexity index is 662. The van der Waals surface area contributed by atoms with Crippen molar-refractivity contribution in [3.63, 3.8) is 0 Å². The molecule has 0 N–H and O–H groups in total. The van der Waals surface area contributed by atoms with Crippen molar-refractivity contribution in [2.24, 2.45) is 0 Å². The highest BCUT2D eigenvalue weighted by molar-refractivity contribution is 5.51. The lowest BCUT2D eigenvalue weighted by atomic mass is 9.93. The summed E-state index contributed by atoms with van der Waals surface area (Å²) >= 11 is 0. The van der Waals surface area contributed by atoms with E-state index in [-0.39, 0.29) is 5.54 Å². The summed E-state index contributed by atoms with van der Waals surface area (Å²) in [4.78, 5) is 4.64. The predicted molar refractivity (Wildman–Crippen MR) is 108 cm³/mol. The van der Waals surface area contributed by atoms with Crippen LogP contribution in [0.15, 0.2) is 48.5 Å². The molecule has 0 bridgehead atoms. The fourth-order valence-corrected chi connectivity index (χ4v) is 2.83. The number of hydrogen-bond donors (Lipinski definition) is 0. The fraction of sp³-hybridized carbons (Fsp3) is 0.455. The van der Waals surface area contributed by atoms with Crippen LogP contribution in [0, 0.1) is 0 Å². The highest BCUT2D eigenvalue weighted by Gasteiger charge is 2.20. The van der Waals surface area contributed by atoms with Crippen molar-refractivity contribution in [3.05, 3.63) is 59.7 Å². The monoisotopic (exact) mass is 340 g/mol. The number of nitrogens with zero attached hydrogens (tertiary/aromatic N) is 2. The Labute approximate surface area is 153 Å². The zero-order chi connectivity index (χ0) is 18.4. The highest BCUT2D eigenvalue weighted by atomic mass is 16.5. The second-order valence-corrected chi connectivity index (χ2v) is 7.42. The summed E-state index contributed by atoms with van der Waals surface area (Å²) in [6.45, 7) is 8.61. The van der Waals surface area contributed by atoms with Crippen LogP contribution in [-0.2, 0) is 13.0 Å². The van der Waals surface area contributed by atoms with Gasteiger partial charge in [-0.05, 0) is 64.5 Å². The molecule has 136 valence electrons. The van der Waals surface area contributed by atoms with Gasteiger partial charge < -0.3 is 14.5 Å². The smallest absolute Gasteiger partial charge is 0.120 e. The van der Waals surface area contributed by atoms with E-state index in [9.17, 15) is 0 Å². The van der Waals surface area contributed by atoms with Gasteiger partial charge in [0.15, 0.2) is 0 Å². The van der Waals surface area contributed by atoms with Crippen molar-refractivity contribution < 1.29 is 4.74 Å². The summed E-state index contributed by atoms with van der Waals surface area (Å²) in [7, 11) is 5.99. The van der Waals surface area contributed by atoms with Crippen molar-refractivity contribution >= 4 is 5.69 Å². The maximum atomic E-state index is 5.35. The van der Waals surface area contributed by atoms with Gasteiger partial charge in [0.05, 0.1) is 7.11 Å². The molecule has 0 aliphatic carbocycles. The minimum absolute atomic E-state index is 0.164. The van der Waals surface area contributed by atoms with Crippen molar-refractivity contribution in [3.8, 4) is 5.75 Å². The van der Waals surface area contributed by atoms with Crippen LogP contribution in [0.4, 0.5) is 5.69 Å². The second kappa shape index (κ2) is 8.39. The lowest BCUT2D eigenvalue weighted by Gasteiger charge is -2.32. The van der Waals surface area contributed by atoms with Gasteiger partial charge in [0, 0.05) is 30.4 Å². The lowest BCUT2D eigenvalue weighted by Crippen LogP contribution is -2.40. The number of hydrogen-bond acceptors (Lipinski definition) is 3. The molecule has 25 heavy (non-hydrogen) atoms. The zero-order valence-corrected chi connectivity index (χ0v) is 16.5. The van der Waals surface area contributed by atoms with Gasteiger partial charge in [-0.2, -0.15) is 0 Å². The third-order valence-electron chi connectivity index (χ3n) is 5.04. The zero-order valence-electron chi connectivity index (χ0n) is 16.5. The maximum Gasteiger partial charge on any atom is 0.120 e. The van der Waals surface area contributed by atoms with Crippen molar-refractivity contribution in [2.75, 3.05) is 32.6 Å². The molecular formula is C22H32N2O. The molecule has 0 aromatic heterocycles. The molecular weight excluding hydrogens is 308 g/mol. The second-order valence-electron chi connectivity index (χ2n) is 7.42. The van der Waals surface area contributed by atoms with Gasteiger partial charge >= 0.3 is 0 Å². The Kier molecular flexibility index (Phi) is 6.49. The van der Waals surface area contributed by atoms with E-state index in [1.165, 1.54) is 16.8 Å². The fourth-order valence-electron chi connectivity index (χ4n) is 2.83. The Morgan fingerprint density at radius 3 is 2.16 bits per heavy atom. The van der Waals surface area contributed by atoms with Crippen LogP contribution >= 0.6 is 0 Å². The molecule has 0 aliphatic heterocycles. The Morgan fingerprint density at radius 2 is 1.60 bits per heavy atom. The number of ether oxygens (including phenoxy) is 1. The summed E-state index contributed by atoms with van der Waals surface area (Å²) < 4.78 is 5.35. The summed E-state index contributed by atoms with van der Waals surface area (Å²) in [5.74, 6) is 0.900. The van der Waals surface area contributed by atoms with Crippen molar-refractivity contribution in [1.29, 1.82) is 0 Å². The summed E-state index contributed by atoms with van der Waals surface area (Å²) in [6, 6.07) is 17.3. The maximum absolute atomic E-state index is 5.35. The van der Waals surface area contributed by atoms with E-state index in [0.717, 1.165) is 25.3 Å². The first-order valence-electron chi connectivity index (χ1n) is 9.00. The van der Waals surface area contributed by atoms with E-state index in [1.807, 2.05) is 12.1 Å². The Balaban J connectivity index is 2.08. The Hall–Kier alpha value is -2.00. The van der Waals surface area contributed by atoms with Crippen molar-refractivity contribution in [1.82, 2.24) is 4.90 Å². The molecule has 2 aromatic rings. The quantitative estimate of drug-likeness (QED) is 0.698. The topological polar surface area (TPSA) is 15.7 Å². The molecule has 3 heteroatoms. The lowest BCUT2D eigenvalue weighted by molar-refractivity contribution is 0.195. The molecule has 0 fully saturated rings. The average molecular weight is 341 g/mol. The molecule has 0 aliphatic rings. The van der Waals surface area contributed by atoms with E-state index in [4.69, 9.17) is 4.74 Å². The molecule has 0 unspecified atom stereocenters. The van der Waals surface area contributed by atoms with E-state index < -0.39 is 0 Å². The van der Waals surface area contributed by atoms with Crippen LogP contribution in [0.3, 0.4) is 0 Å². The largest absolute Gasteiger partial charge is 0.497 e. The molecule has 0 heterocycles. The van der Waals surface area contributed by atoms with Crippen LogP contribution in [0.25, 0.3) is 0 Å². The normalized spacial score (nSPS) is 11.6. The van der Waals surface area contributed by atoms with E-state index >= 15 is 0 Å². The van der Waals surface area contributed by atoms with Crippen molar-refractivity contribution in [2.45, 2.75) is 39.3 Å². The van der Waals surface area contributed by atoms with Crippen LogP contribution < -0.4 is 9.64 Å². The number of methoxy groups -OCH3 is 1. The number of benzene rings is 2. The van der Waals surface area contributed by atoms with Gasteiger partial charge in [0.25, 0.3) is 0 Å². The summed E-state index contributed by atoms with van der Waals surface area (Å²) in [5.41, 5.74) is 4.07. The van der Waals surface area contributed by atoms with Gasteiger partial charge in [0.1, 0.15) is 5.75 Å². The third-order valence-corrected chi connectivity index (χ3v) is 5.04. The molecule has 0 saturated heterocycles.